The molecule has 0 aliphatic carbocycles. The number of imidazole rings is 1. The third-order valence-electron chi connectivity index (χ3n) is 5.77. The van der Waals surface area contributed by atoms with Crippen LogP contribution >= 0.6 is 11.6 Å². The van der Waals surface area contributed by atoms with Crippen LogP contribution < -0.4 is 5.32 Å². The van der Waals surface area contributed by atoms with Crippen LogP contribution in [0.2, 0.25) is 5.02 Å². The number of nitrogens with zero attached hydrogens (tertiary/aromatic N) is 4. The van der Waals surface area contributed by atoms with Gasteiger partial charge in [-0.25, -0.2) is 4.98 Å². The van der Waals surface area contributed by atoms with Gasteiger partial charge >= 0.3 is 0 Å². The molecule has 1 atom stereocenters. The Morgan fingerprint density at radius 1 is 1.25 bits per heavy atom. The van der Waals surface area contributed by atoms with Crippen molar-refractivity contribution in [1.29, 1.82) is 0 Å². The molecule has 166 valence electrons. The van der Waals surface area contributed by atoms with Gasteiger partial charge in [0.25, 0.3) is 5.91 Å². The lowest BCUT2D eigenvalue weighted by Gasteiger charge is -2.26. The van der Waals surface area contributed by atoms with Crippen LogP contribution in [0.25, 0.3) is 11.0 Å². The quantitative estimate of drug-likeness (QED) is 0.583. The fraction of sp³-hybridized carbons (Fsp3) is 0.333. The van der Waals surface area contributed by atoms with E-state index in [1.165, 1.54) is 6.08 Å². The van der Waals surface area contributed by atoms with Gasteiger partial charge in [-0.05, 0) is 69.0 Å². The molecule has 2 amide bonds. The number of hydrogen-bond donors (Lipinski definition) is 1. The van der Waals surface area contributed by atoms with Crippen molar-refractivity contribution < 1.29 is 9.59 Å². The van der Waals surface area contributed by atoms with Crippen molar-refractivity contribution in [3.8, 4) is 0 Å². The van der Waals surface area contributed by atoms with E-state index < -0.39 is 0 Å². The summed E-state index contributed by atoms with van der Waals surface area (Å²) in [4.78, 5) is 36.1. The molecule has 7 nitrogen and oxygen atoms in total. The Hall–Kier alpha value is -3.19. The van der Waals surface area contributed by atoms with Gasteiger partial charge in [-0.1, -0.05) is 18.2 Å². The highest BCUT2D eigenvalue weighted by molar-refractivity contribution is 6.35. The number of aryl methyl sites for hydroxylation is 2. The lowest BCUT2D eigenvalue weighted by molar-refractivity contribution is -0.126. The van der Waals surface area contributed by atoms with Crippen molar-refractivity contribution >= 4 is 40.4 Å². The van der Waals surface area contributed by atoms with E-state index in [4.69, 9.17) is 16.6 Å². The van der Waals surface area contributed by atoms with Crippen LogP contribution in [0, 0.1) is 13.8 Å². The van der Waals surface area contributed by atoms with E-state index in [0.29, 0.717) is 35.1 Å². The van der Waals surface area contributed by atoms with Crippen molar-refractivity contribution in [2.75, 3.05) is 18.4 Å². The molecule has 0 unspecified atom stereocenters. The first kappa shape index (κ1) is 22.0. The molecule has 4 rings (SSSR count). The van der Waals surface area contributed by atoms with Gasteiger partial charge in [0.1, 0.15) is 0 Å². The van der Waals surface area contributed by atoms with Gasteiger partial charge in [0.05, 0.1) is 22.1 Å². The van der Waals surface area contributed by atoms with Crippen molar-refractivity contribution in [3.63, 3.8) is 0 Å². The Kier molecular flexibility index (Phi) is 6.28. The van der Waals surface area contributed by atoms with Crippen molar-refractivity contribution in [2.45, 2.75) is 39.2 Å². The average molecular weight is 452 g/mol. The summed E-state index contributed by atoms with van der Waals surface area (Å²) in [7, 11) is 0. The highest BCUT2D eigenvalue weighted by Crippen LogP contribution is 2.34. The topological polar surface area (TPSA) is 80.1 Å². The fourth-order valence-electron chi connectivity index (χ4n) is 4.28. The maximum absolute atomic E-state index is 13.0. The van der Waals surface area contributed by atoms with E-state index in [2.05, 4.69) is 16.9 Å². The number of carbonyl (C=O) groups excluding carboxylic acids is 2. The second-order valence-corrected chi connectivity index (χ2v) is 8.61. The first-order valence-electron chi connectivity index (χ1n) is 10.7. The first-order valence-corrected chi connectivity index (χ1v) is 11.1. The van der Waals surface area contributed by atoms with Crippen molar-refractivity contribution in [1.82, 2.24) is 19.4 Å². The number of benzene rings is 1. The zero-order valence-electron chi connectivity index (χ0n) is 18.3. The molecule has 8 heteroatoms. The molecule has 1 N–H and O–H groups in total. The first-order chi connectivity index (χ1) is 15.4. The molecule has 2 aromatic heterocycles. The molecule has 3 aromatic rings. The molecular formula is C24H26ClN5O2. The number of carbonyl (C=O) groups is 2. The Bertz CT molecular complexity index is 1200. The summed E-state index contributed by atoms with van der Waals surface area (Å²) in [5.74, 6) is 0.0542. The smallest absolute Gasteiger partial charge is 0.258 e. The van der Waals surface area contributed by atoms with Gasteiger partial charge in [0, 0.05) is 30.5 Å². The number of fused-ring (bicyclic) bond motifs is 1. The SMILES string of the molecule is C=CC(=O)N1CCCC[C@@H](n2c(NC(=O)c3ccnc(C)c3)nc3cc(C)cc(Cl)c32)C1. The molecule has 0 saturated carbocycles. The molecule has 1 saturated heterocycles. The minimum absolute atomic E-state index is 0.0823. The molecule has 1 aliphatic rings. The van der Waals surface area contributed by atoms with E-state index in [1.807, 2.05) is 30.5 Å². The van der Waals surface area contributed by atoms with Gasteiger partial charge in [0.2, 0.25) is 11.9 Å². The molecule has 0 spiro atoms. The van der Waals surface area contributed by atoms with E-state index in [9.17, 15) is 9.59 Å². The third kappa shape index (κ3) is 4.39. The van der Waals surface area contributed by atoms with E-state index in [0.717, 1.165) is 36.0 Å². The highest BCUT2D eigenvalue weighted by atomic mass is 35.5. The second kappa shape index (κ2) is 9.12. The number of likely N-dealkylation sites (tertiary alicyclic amines) is 1. The average Bonchev–Trinajstić information content (AvgIpc) is 2.94. The number of pyridine rings is 1. The van der Waals surface area contributed by atoms with Gasteiger partial charge in [-0.3, -0.25) is 19.9 Å². The molecule has 0 bridgehead atoms. The van der Waals surface area contributed by atoms with Crippen LogP contribution in [0.1, 0.15) is 46.9 Å². The number of hydrogen-bond acceptors (Lipinski definition) is 4. The monoisotopic (exact) mass is 451 g/mol. The van der Waals surface area contributed by atoms with E-state index in [-0.39, 0.29) is 17.9 Å². The largest absolute Gasteiger partial charge is 0.337 e. The molecule has 3 heterocycles. The summed E-state index contributed by atoms with van der Waals surface area (Å²) in [6, 6.07) is 7.16. The van der Waals surface area contributed by atoms with Gasteiger partial charge in [-0.15, -0.1) is 0 Å². The summed E-state index contributed by atoms with van der Waals surface area (Å²) >= 11 is 6.66. The zero-order chi connectivity index (χ0) is 22.8. The van der Waals surface area contributed by atoms with Crippen LogP contribution in [-0.4, -0.2) is 44.3 Å². The molecule has 0 radical (unpaired) electrons. The summed E-state index contributed by atoms with van der Waals surface area (Å²) in [5.41, 5.74) is 3.72. The predicted molar refractivity (Wildman–Crippen MR) is 126 cm³/mol. The van der Waals surface area contributed by atoms with E-state index in [1.54, 1.807) is 23.2 Å². The number of anilines is 1. The Balaban J connectivity index is 1.79. The Morgan fingerprint density at radius 3 is 2.81 bits per heavy atom. The van der Waals surface area contributed by atoms with Crippen LogP contribution in [0.3, 0.4) is 0 Å². The Morgan fingerprint density at radius 2 is 2.06 bits per heavy atom. The van der Waals surface area contributed by atoms with E-state index >= 15 is 0 Å². The molecule has 32 heavy (non-hydrogen) atoms. The molecule has 1 fully saturated rings. The number of amides is 2. The summed E-state index contributed by atoms with van der Waals surface area (Å²) in [6.45, 7) is 8.60. The van der Waals surface area contributed by atoms with Gasteiger partial charge in [-0.2, -0.15) is 0 Å². The minimum Gasteiger partial charge on any atom is -0.337 e. The fourth-order valence-corrected chi connectivity index (χ4v) is 4.64. The zero-order valence-corrected chi connectivity index (χ0v) is 19.0. The third-order valence-corrected chi connectivity index (χ3v) is 6.05. The lowest BCUT2D eigenvalue weighted by atomic mass is 10.1. The van der Waals surface area contributed by atoms with Gasteiger partial charge < -0.3 is 9.47 Å². The van der Waals surface area contributed by atoms with Crippen LogP contribution in [-0.2, 0) is 4.79 Å². The van der Waals surface area contributed by atoms with Crippen molar-refractivity contribution in [3.05, 3.63) is 65.0 Å². The lowest BCUT2D eigenvalue weighted by Crippen LogP contribution is -2.34. The van der Waals surface area contributed by atoms with Crippen molar-refractivity contribution in [2.24, 2.45) is 0 Å². The predicted octanol–water partition coefficient (Wildman–Crippen LogP) is 4.69. The summed E-state index contributed by atoms with van der Waals surface area (Å²) in [6.07, 6.45) is 5.66. The highest BCUT2D eigenvalue weighted by Gasteiger charge is 2.27. The molecule has 1 aromatic carbocycles. The summed E-state index contributed by atoms with van der Waals surface area (Å²) in [5, 5.41) is 3.54. The summed E-state index contributed by atoms with van der Waals surface area (Å²) < 4.78 is 1.98. The number of rotatable bonds is 4. The standard InChI is InChI=1S/C24H26ClN5O2/c1-4-21(31)29-10-6-5-7-18(14-29)30-22-19(25)11-15(2)12-20(22)27-24(30)28-23(32)17-8-9-26-16(3)13-17/h4,8-9,11-13,18H,1,5-7,10,14H2,2-3H3,(H,27,28,32)/t18-/m1/s1. The number of aromatic nitrogens is 3. The molecule has 1 aliphatic heterocycles. The Labute approximate surface area is 192 Å². The maximum atomic E-state index is 13.0. The normalized spacial score (nSPS) is 16.6. The minimum atomic E-state index is -0.271. The van der Waals surface area contributed by atoms with Crippen LogP contribution in [0.15, 0.2) is 43.1 Å². The van der Waals surface area contributed by atoms with Crippen LogP contribution in [0.5, 0.6) is 0 Å². The maximum Gasteiger partial charge on any atom is 0.258 e. The number of halogens is 1. The second-order valence-electron chi connectivity index (χ2n) is 8.20. The number of nitrogens with one attached hydrogen (secondary N) is 1. The van der Waals surface area contributed by atoms with Gasteiger partial charge in [0.15, 0.2) is 0 Å². The van der Waals surface area contributed by atoms with Crippen LogP contribution in [0.4, 0.5) is 5.95 Å². The molecular weight excluding hydrogens is 426 g/mol.